The Morgan fingerprint density at radius 3 is 2.40 bits per heavy atom. The van der Waals surface area contributed by atoms with Gasteiger partial charge in [0.25, 0.3) is 0 Å². The van der Waals surface area contributed by atoms with Crippen molar-refractivity contribution in [1.82, 2.24) is 10.6 Å². The fraction of sp³-hybridized carbons (Fsp3) is 0.857. The standard InChI is InChI=1S/C14H26N2O3S/c1-4-14(5-2,20-3)9-15-13(19)16-11-7-6-10(8-11)12(17)18/h10-11H,4-9H2,1-3H3,(H,17,18)(H2,15,16,19)/t10-,11+/m1/s1. The van der Waals surface area contributed by atoms with Crippen LogP contribution in [0.25, 0.3) is 0 Å². The number of carboxylic acids is 1. The Morgan fingerprint density at radius 1 is 1.30 bits per heavy atom. The fourth-order valence-corrected chi connectivity index (χ4v) is 3.47. The summed E-state index contributed by atoms with van der Waals surface area (Å²) in [5.41, 5.74) is 0. The number of carboxylic acid groups (broad SMARTS) is 1. The summed E-state index contributed by atoms with van der Waals surface area (Å²) in [5, 5.41) is 14.8. The minimum Gasteiger partial charge on any atom is -0.481 e. The molecule has 0 aliphatic heterocycles. The maximum atomic E-state index is 11.9. The van der Waals surface area contributed by atoms with Crippen LogP contribution < -0.4 is 10.6 Å². The van der Waals surface area contributed by atoms with E-state index in [0.717, 1.165) is 19.3 Å². The molecule has 0 saturated heterocycles. The number of hydrogen-bond donors (Lipinski definition) is 3. The number of rotatable bonds is 7. The van der Waals surface area contributed by atoms with Gasteiger partial charge in [0.1, 0.15) is 0 Å². The van der Waals surface area contributed by atoms with Gasteiger partial charge in [0.05, 0.1) is 5.92 Å². The number of thioether (sulfide) groups is 1. The average Bonchev–Trinajstić information content (AvgIpc) is 2.90. The first-order chi connectivity index (χ1) is 9.46. The van der Waals surface area contributed by atoms with Gasteiger partial charge in [0.15, 0.2) is 0 Å². The molecule has 1 fully saturated rings. The molecule has 1 rings (SSSR count). The van der Waals surface area contributed by atoms with Gasteiger partial charge in [-0.2, -0.15) is 11.8 Å². The summed E-state index contributed by atoms with van der Waals surface area (Å²) < 4.78 is 0.0939. The molecule has 0 aromatic heterocycles. The third-order valence-electron chi connectivity index (χ3n) is 4.41. The van der Waals surface area contributed by atoms with Gasteiger partial charge in [-0.25, -0.2) is 4.79 Å². The van der Waals surface area contributed by atoms with E-state index >= 15 is 0 Å². The number of aliphatic carboxylic acids is 1. The second kappa shape index (κ2) is 7.76. The highest BCUT2D eigenvalue weighted by Gasteiger charge is 2.31. The highest BCUT2D eigenvalue weighted by atomic mass is 32.2. The molecule has 0 unspecified atom stereocenters. The number of carbonyl (C=O) groups is 2. The van der Waals surface area contributed by atoms with Crippen LogP contribution in [0.5, 0.6) is 0 Å². The van der Waals surface area contributed by atoms with Crippen molar-refractivity contribution < 1.29 is 14.7 Å². The second-order valence-electron chi connectivity index (χ2n) is 5.47. The lowest BCUT2D eigenvalue weighted by atomic mass is 10.0. The SMILES string of the molecule is CCC(CC)(CNC(=O)N[C@H]1CC[C@@H](C(=O)O)C1)SC. The third kappa shape index (κ3) is 4.58. The summed E-state index contributed by atoms with van der Waals surface area (Å²) in [7, 11) is 0. The predicted molar refractivity (Wildman–Crippen MR) is 82.1 cm³/mol. The Labute approximate surface area is 125 Å². The van der Waals surface area contributed by atoms with Gasteiger partial charge in [-0.3, -0.25) is 4.79 Å². The number of urea groups is 1. The van der Waals surface area contributed by atoms with Crippen molar-refractivity contribution in [2.45, 2.75) is 56.7 Å². The van der Waals surface area contributed by atoms with Crippen LogP contribution in [0.2, 0.25) is 0 Å². The van der Waals surface area contributed by atoms with Crippen molar-refractivity contribution in [2.24, 2.45) is 5.92 Å². The zero-order valence-electron chi connectivity index (χ0n) is 12.6. The molecule has 0 aromatic rings. The number of nitrogens with one attached hydrogen (secondary N) is 2. The van der Waals surface area contributed by atoms with Crippen LogP contribution in [0, 0.1) is 5.92 Å². The van der Waals surface area contributed by atoms with Crippen molar-refractivity contribution in [3.8, 4) is 0 Å². The van der Waals surface area contributed by atoms with Crippen molar-refractivity contribution in [1.29, 1.82) is 0 Å². The van der Waals surface area contributed by atoms with Crippen LogP contribution in [0.3, 0.4) is 0 Å². The van der Waals surface area contributed by atoms with Crippen molar-refractivity contribution in [3.05, 3.63) is 0 Å². The molecule has 0 bridgehead atoms. The molecule has 5 nitrogen and oxygen atoms in total. The summed E-state index contributed by atoms with van der Waals surface area (Å²) in [4.78, 5) is 22.8. The van der Waals surface area contributed by atoms with Crippen LogP contribution in [-0.2, 0) is 4.79 Å². The summed E-state index contributed by atoms with van der Waals surface area (Å²) in [5.74, 6) is -1.06. The number of amides is 2. The molecule has 1 aliphatic rings. The lowest BCUT2D eigenvalue weighted by Crippen LogP contribution is -2.46. The predicted octanol–water partition coefficient (Wildman–Crippen LogP) is 2.46. The Hall–Kier alpha value is -0.910. The topological polar surface area (TPSA) is 78.4 Å². The maximum absolute atomic E-state index is 11.9. The Bertz CT molecular complexity index is 337. The van der Waals surface area contributed by atoms with Crippen molar-refractivity contribution in [2.75, 3.05) is 12.8 Å². The Morgan fingerprint density at radius 2 is 1.95 bits per heavy atom. The van der Waals surface area contributed by atoms with Crippen LogP contribution in [0.1, 0.15) is 46.0 Å². The largest absolute Gasteiger partial charge is 0.481 e. The molecule has 20 heavy (non-hydrogen) atoms. The summed E-state index contributed by atoms with van der Waals surface area (Å²) in [6, 6.07) is -0.190. The molecule has 1 saturated carbocycles. The van der Waals surface area contributed by atoms with Gasteiger partial charge in [-0.15, -0.1) is 0 Å². The van der Waals surface area contributed by atoms with E-state index in [4.69, 9.17) is 5.11 Å². The minimum atomic E-state index is -0.756. The van der Waals surface area contributed by atoms with E-state index in [0.29, 0.717) is 19.4 Å². The quantitative estimate of drug-likeness (QED) is 0.675. The first-order valence-corrected chi connectivity index (χ1v) is 8.51. The van der Waals surface area contributed by atoms with Gasteiger partial charge in [-0.1, -0.05) is 13.8 Å². The average molecular weight is 302 g/mol. The molecule has 0 spiro atoms. The fourth-order valence-electron chi connectivity index (χ4n) is 2.68. The highest BCUT2D eigenvalue weighted by Crippen LogP contribution is 2.29. The first-order valence-electron chi connectivity index (χ1n) is 7.28. The van der Waals surface area contributed by atoms with E-state index in [2.05, 4.69) is 30.7 Å². The Balaban J connectivity index is 2.36. The van der Waals surface area contributed by atoms with Gasteiger partial charge < -0.3 is 15.7 Å². The second-order valence-corrected chi connectivity index (χ2v) is 6.74. The van der Waals surface area contributed by atoms with Crippen LogP contribution in [0.4, 0.5) is 4.79 Å². The molecular formula is C14H26N2O3S. The zero-order chi connectivity index (χ0) is 15.2. The zero-order valence-corrected chi connectivity index (χ0v) is 13.4. The summed E-state index contributed by atoms with van der Waals surface area (Å²) in [6.45, 7) is 4.91. The summed E-state index contributed by atoms with van der Waals surface area (Å²) in [6.07, 6.45) is 6.03. The molecule has 6 heteroatoms. The summed E-state index contributed by atoms with van der Waals surface area (Å²) >= 11 is 1.79. The van der Waals surface area contributed by atoms with Crippen molar-refractivity contribution in [3.63, 3.8) is 0 Å². The molecule has 2 atom stereocenters. The smallest absolute Gasteiger partial charge is 0.315 e. The highest BCUT2D eigenvalue weighted by molar-refractivity contribution is 8.00. The molecule has 1 aliphatic carbocycles. The first kappa shape index (κ1) is 17.1. The van der Waals surface area contributed by atoms with E-state index in [1.165, 1.54) is 0 Å². The van der Waals surface area contributed by atoms with Crippen LogP contribution in [0.15, 0.2) is 0 Å². The lowest BCUT2D eigenvalue weighted by molar-refractivity contribution is -0.141. The minimum absolute atomic E-state index is 0.0111. The van der Waals surface area contributed by atoms with E-state index < -0.39 is 5.97 Å². The van der Waals surface area contributed by atoms with Crippen LogP contribution in [-0.4, -0.2) is 40.7 Å². The normalized spacial score (nSPS) is 22.6. The molecule has 0 radical (unpaired) electrons. The van der Waals surface area contributed by atoms with Gasteiger partial charge in [0.2, 0.25) is 0 Å². The van der Waals surface area contributed by atoms with Gasteiger partial charge in [-0.05, 0) is 38.4 Å². The van der Waals surface area contributed by atoms with Gasteiger partial charge in [0, 0.05) is 17.3 Å². The maximum Gasteiger partial charge on any atom is 0.315 e. The van der Waals surface area contributed by atoms with E-state index in [9.17, 15) is 9.59 Å². The Kier molecular flexibility index (Phi) is 6.65. The van der Waals surface area contributed by atoms with Crippen molar-refractivity contribution >= 4 is 23.8 Å². The monoisotopic (exact) mass is 302 g/mol. The molecule has 0 heterocycles. The van der Waals surface area contributed by atoms with E-state index in [1.54, 1.807) is 11.8 Å². The van der Waals surface area contributed by atoms with E-state index in [1.807, 2.05) is 0 Å². The molecule has 2 amide bonds. The molecule has 116 valence electrons. The third-order valence-corrected chi connectivity index (χ3v) is 6.00. The number of carbonyl (C=O) groups excluding carboxylic acids is 1. The molecule has 0 aromatic carbocycles. The molecule has 3 N–H and O–H groups in total. The van der Waals surface area contributed by atoms with Crippen LogP contribution >= 0.6 is 11.8 Å². The van der Waals surface area contributed by atoms with E-state index in [-0.39, 0.29) is 22.7 Å². The number of hydrogen-bond acceptors (Lipinski definition) is 3. The lowest BCUT2D eigenvalue weighted by Gasteiger charge is -2.30. The molecular weight excluding hydrogens is 276 g/mol. The van der Waals surface area contributed by atoms with Gasteiger partial charge >= 0.3 is 12.0 Å².